The number of nitrogens with one attached hydrogen (secondary N) is 2. The summed E-state index contributed by atoms with van der Waals surface area (Å²) in [4.78, 5) is 8.53. The number of hydrogen-bond donors (Lipinski definition) is 2. The maximum atomic E-state index is 5.48. The van der Waals surface area contributed by atoms with Gasteiger partial charge in [0.2, 0.25) is 5.88 Å². The van der Waals surface area contributed by atoms with Crippen LogP contribution in [-0.4, -0.2) is 31.7 Å². The molecule has 2 N–H and O–H groups in total. The smallest absolute Gasteiger partial charge is 0.213 e. The highest BCUT2D eigenvalue weighted by molar-refractivity contribution is 5.79. The Morgan fingerprint density at radius 1 is 1.04 bits per heavy atom. The summed E-state index contributed by atoms with van der Waals surface area (Å²) in [6.45, 7) is 4.09. The number of aliphatic imine (C=N–C) groups is 1. The Morgan fingerprint density at radius 3 is 2.28 bits per heavy atom. The van der Waals surface area contributed by atoms with Gasteiger partial charge >= 0.3 is 0 Å². The first-order valence-electron chi connectivity index (χ1n) is 8.40. The number of methoxy groups -OCH3 is 1. The van der Waals surface area contributed by atoms with E-state index in [1.807, 2.05) is 42.6 Å². The van der Waals surface area contributed by atoms with Crippen molar-refractivity contribution in [3.05, 3.63) is 53.7 Å². The number of nitrogens with zero attached hydrogens (tertiary/aromatic N) is 2. The Hall–Kier alpha value is -2.76. The van der Waals surface area contributed by atoms with Crippen LogP contribution in [0.2, 0.25) is 0 Å². The third kappa shape index (κ3) is 6.33. The van der Waals surface area contributed by atoms with Crippen LogP contribution in [0.25, 0.3) is 0 Å². The van der Waals surface area contributed by atoms with Gasteiger partial charge in [-0.1, -0.05) is 25.1 Å². The van der Waals surface area contributed by atoms with Crippen molar-refractivity contribution in [2.75, 3.05) is 20.8 Å². The molecule has 0 bridgehead atoms. The van der Waals surface area contributed by atoms with Gasteiger partial charge in [0.05, 0.1) is 13.7 Å². The second-order valence-electron chi connectivity index (χ2n) is 5.48. The maximum absolute atomic E-state index is 5.48. The Morgan fingerprint density at radius 2 is 1.72 bits per heavy atom. The summed E-state index contributed by atoms with van der Waals surface area (Å²) in [6, 6.07) is 11.8. The highest BCUT2D eigenvalue weighted by Crippen LogP contribution is 2.11. The van der Waals surface area contributed by atoms with Crippen LogP contribution in [0.4, 0.5) is 0 Å². The third-order valence-corrected chi connectivity index (χ3v) is 3.55. The minimum atomic E-state index is 0.642. The monoisotopic (exact) mass is 342 g/mol. The molecule has 0 aliphatic carbocycles. The third-order valence-electron chi connectivity index (χ3n) is 3.55. The van der Waals surface area contributed by atoms with E-state index in [0.717, 1.165) is 29.3 Å². The van der Waals surface area contributed by atoms with Crippen molar-refractivity contribution >= 4 is 5.96 Å². The Labute approximate surface area is 149 Å². The number of aromatic nitrogens is 1. The van der Waals surface area contributed by atoms with E-state index in [2.05, 4.69) is 27.5 Å². The molecule has 25 heavy (non-hydrogen) atoms. The molecule has 0 radical (unpaired) electrons. The molecule has 1 heterocycles. The topological polar surface area (TPSA) is 67.8 Å². The molecule has 134 valence electrons. The van der Waals surface area contributed by atoms with Crippen LogP contribution in [0.1, 0.15) is 24.5 Å². The van der Waals surface area contributed by atoms with E-state index in [1.54, 1.807) is 14.2 Å². The molecule has 1 aromatic heterocycles. The van der Waals surface area contributed by atoms with Crippen LogP contribution in [-0.2, 0) is 13.1 Å². The molecule has 0 aliphatic rings. The lowest BCUT2D eigenvalue weighted by molar-refractivity contribution is 0.305. The Kier molecular flexibility index (Phi) is 7.56. The zero-order chi connectivity index (χ0) is 17.9. The van der Waals surface area contributed by atoms with Crippen molar-refractivity contribution in [2.24, 2.45) is 4.99 Å². The average molecular weight is 342 g/mol. The Bertz CT molecular complexity index is 654. The average Bonchev–Trinajstić information content (AvgIpc) is 2.67. The summed E-state index contributed by atoms with van der Waals surface area (Å²) in [5.41, 5.74) is 2.22. The molecule has 0 saturated heterocycles. The van der Waals surface area contributed by atoms with Crippen molar-refractivity contribution in [3.8, 4) is 11.6 Å². The molecule has 0 fully saturated rings. The summed E-state index contributed by atoms with van der Waals surface area (Å²) in [6.07, 6.45) is 2.79. The molecule has 6 heteroatoms. The maximum Gasteiger partial charge on any atom is 0.213 e. The van der Waals surface area contributed by atoms with E-state index in [1.165, 1.54) is 0 Å². The number of pyridine rings is 1. The van der Waals surface area contributed by atoms with Gasteiger partial charge in [-0.05, 0) is 29.7 Å². The van der Waals surface area contributed by atoms with E-state index in [-0.39, 0.29) is 0 Å². The first-order chi connectivity index (χ1) is 12.2. The fourth-order valence-corrected chi connectivity index (χ4v) is 2.14. The summed E-state index contributed by atoms with van der Waals surface area (Å²) in [5, 5.41) is 6.56. The predicted octanol–water partition coefficient (Wildman–Crippen LogP) is 2.74. The van der Waals surface area contributed by atoms with Gasteiger partial charge in [0.1, 0.15) is 5.75 Å². The van der Waals surface area contributed by atoms with E-state index in [9.17, 15) is 0 Å². The summed E-state index contributed by atoms with van der Waals surface area (Å²) in [5.74, 6) is 2.25. The van der Waals surface area contributed by atoms with Crippen molar-refractivity contribution < 1.29 is 9.47 Å². The summed E-state index contributed by atoms with van der Waals surface area (Å²) in [7, 11) is 3.42. The van der Waals surface area contributed by atoms with Crippen molar-refractivity contribution in [1.29, 1.82) is 0 Å². The van der Waals surface area contributed by atoms with Gasteiger partial charge in [-0.3, -0.25) is 4.99 Å². The normalized spacial score (nSPS) is 11.1. The van der Waals surface area contributed by atoms with Crippen LogP contribution < -0.4 is 20.1 Å². The SMILES string of the molecule is CCCOc1ccc(CNC(=NC)NCc2ccc(OC)cc2)cn1. The van der Waals surface area contributed by atoms with E-state index < -0.39 is 0 Å². The molecule has 6 nitrogen and oxygen atoms in total. The largest absolute Gasteiger partial charge is 0.497 e. The second-order valence-corrected chi connectivity index (χ2v) is 5.48. The number of hydrogen-bond acceptors (Lipinski definition) is 4. The lowest BCUT2D eigenvalue weighted by Crippen LogP contribution is -2.36. The molecule has 0 spiro atoms. The summed E-state index contributed by atoms with van der Waals surface area (Å²) >= 11 is 0. The van der Waals surface area contributed by atoms with Gasteiger partial charge in [-0.2, -0.15) is 0 Å². The van der Waals surface area contributed by atoms with Crippen LogP contribution in [0.5, 0.6) is 11.6 Å². The fraction of sp³-hybridized carbons (Fsp3) is 0.368. The zero-order valence-electron chi connectivity index (χ0n) is 15.1. The van der Waals surface area contributed by atoms with Gasteiger partial charge < -0.3 is 20.1 Å². The first kappa shape index (κ1) is 18.6. The first-order valence-corrected chi connectivity index (χ1v) is 8.40. The van der Waals surface area contributed by atoms with Crippen LogP contribution in [0, 0.1) is 0 Å². The quantitative estimate of drug-likeness (QED) is 0.570. The molecule has 2 rings (SSSR count). The van der Waals surface area contributed by atoms with Gasteiger partial charge in [0.25, 0.3) is 0 Å². The molecule has 2 aromatic rings. The molecule has 1 aromatic carbocycles. The molecule has 0 aliphatic heterocycles. The highest BCUT2D eigenvalue weighted by Gasteiger charge is 2.01. The van der Waals surface area contributed by atoms with Crippen LogP contribution in [0.3, 0.4) is 0 Å². The molecular formula is C19H26N4O2. The van der Waals surface area contributed by atoms with E-state index in [0.29, 0.717) is 25.6 Å². The molecular weight excluding hydrogens is 316 g/mol. The fourth-order valence-electron chi connectivity index (χ4n) is 2.14. The van der Waals surface area contributed by atoms with Crippen LogP contribution >= 0.6 is 0 Å². The zero-order valence-corrected chi connectivity index (χ0v) is 15.1. The number of guanidine groups is 1. The Balaban J connectivity index is 1.79. The van der Waals surface area contributed by atoms with Gasteiger partial charge in [-0.25, -0.2) is 4.98 Å². The van der Waals surface area contributed by atoms with E-state index >= 15 is 0 Å². The van der Waals surface area contributed by atoms with E-state index in [4.69, 9.17) is 9.47 Å². The van der Waals surface area contributed by atoms with Gasteiger partial charge in [0, 0.05) is 32.4 Å². The van der Waals surface area contributed by atoms with Crippen LogP contribution in [0.15, 0.2) is 47.6 Å². The second kappa shape index (κ2) is 10.2. The molecule has 0 atom stereocenters. The molecule has 0 amide bonds. The van der Waals surface area contributed by atoms with Crippen molar-refractivity contribution in [2.45, 2.75) is 26.4 Å². The number of benzene rings is 1. The minimum Gasteiger partial charge on any atom is -0.497 e. The van der Waals surface area contributed by atoms with Crippen molar-refractivity contribution in [3.63, 3.8) is 0 Å². The van der Waals surface area contributed by atoms with Gasteiger partial charge in [-0.15, -0.1) is 0 Å². The highest BCUT2D eigenvalue weighted by atomic mass is 16.5. The standard InChI is InChI=1S/C19H26N4O2/c1-4-11-25-18-10-7-16(13-21-18)14-23-19(20-2)22-12-15-5-8-17(24-3)9-6-15/h5-10,13H,4,11-12,14H2,1-3H3,(H2,20,22,23). The lowest BCUT2D eigenvalue weighted by Gasteiger charge is -2.12. The van der Waals surface area contributed by atoms with Gasteiger partial charge in [0.15, 0.2) is 5.96 Å². The van der Waals surface area contributed by atoms with Crippen molar-refractivity contribution in [1.82, 2.24) is 15.6 Å². The number of ether oxygens (including phenoxy) is 2. The molecule has 0 saturated carbocycles. The lowest BCUT2D eigenvalue weighted by atomic mass is 10.2. The minimum absolute atomic E-state index is 0.642. The number of rotatable bonds is 8. The summed E-state index contributed by atoms with van der Waals surface area (Å²) < 4.78 is 10.6. The predicted molar refractivity (Wildman–Crippen MR) is 100 cm³/mol. The molecule has 0 unspecified atom stereocenters.